The lowest BCUT2D eigenvalue weighted by molar-refractivity contribution is 0.617. The van der Waals surface area contributed by atoms with Crippen LogP contribution in [0.3, 0.4) is 0 Å². The summed E-state index contributed by atoms with van der Waals surface area (Å²) in [6.45, 7) is 6.04. The maximum atomic E-state index is 13.9. The molecule has 3 rings (SSSR count). The zero-order valence-corrected chi connectivity index (χ0v) is 14.8. The van der Waals surface area contributed by atoms with Crippen molar-refractivity contribution in [3.63, 3.8) is 0 Å². The zero-order valence-electron chi connectivity index (χ0n) is 12.4. The fourth-order valence-electron chi connectivity index (χ4n) is 2.23. The molecular weight excluding hydrogens is 339 g/mol. The monoisotopic (exact) mass is 352 g/mol. The van der Waals surface area contributed by atoms with Crippen LogP contribution in [0, 0.1) is 26.6 Å². The Hall–Kier alpha value is -1.17. The van der Waals surface area contributed by atoms with Gasteiger partial charge in [0.25, 0.3) is 0 Å². The van der Waals surface area contributed by atoms with Crippen LogP contribution in [0.25, 0.3) is 10.2 Å². The third-order valence-electron chi connectivity index (χ3n) is 3.52. The first-order chi connectivity index (χ1) is 10.5. The summed E-state index contributed by atoms with van der Waals surface area (Å²) < 4.78 is 13.9. The minimum Gasteiger partial charge on any atom is -0.226 e. The molecule has 0 bridgehead atoms. The molecule has 6 heteroatoms. The summed E-state index contributed by atoms with van der Waals surface area (Å²) in [4.78, 5) is 11.3. The first-order valence-electron chi connectivity index (χ1n) is 6.77. The molecule has 0 radical (unpaired) electrons. The van der Waals surface area contributed by atoms with Crippen LogP contribution in [0.5, 0.6) is 0 Å². The number of benzene rings is 1. The predicted molar refractivity (Wildman–Crippen MR) is 92.6 cm³/mol. The summed E-state index contributed by atoms with van der Waals surface area (Å²) >= 11 is 9.27. The van der Waals surface area contributed by atoms with Crippen LogP contribution in [-0.2, 0) is 5.75 Å². The van der Waals surface area contributed by atoms with E-state index >= 15 is 0 Å². The van der Waals surface area contributed by atoms with Gasteiger partial charge in [-0.05, 0) is 38.5 Å². The molecule has 3 aromatic rings. The van der Waals surface area contributed by atoms with Gasteiger partial charge in [0.1, 0.15) is 21.5 Å². The van der Waals surface area contributed by atoms with E-state index in [9.17, 15) is 4.39 Å². The van der Waals surface area contributed by atoms with E-state index in [2.05, 4.69) is 23.8 Å². The van der Waals surface area contributed by atoms with Crippen molar-refractivity contribution in [1.29, 1.82) is 0 Å². The molecule has 0 atom stereocenters. The van der Waals surface area contributed by atoms with Crippen molar-refractivity contribution >= 4 is 44.9 Å². The van der Waals surface area contributed by atoms with Gasteiger partial charge in [-0.2, -0.15) is 0 Å². The highest BCUT2D eigenvalue weighted by molar-refractivity contribution is 7.98. The molecule has 0 saturated carbocycles. The number of halogens is 2. The van der Waals surface area contributed by atoms with Crippen molar-refractivity contribution in [2.24, 2.45) is 0 Å². The molecule has 0 aliphatic rings. The van der Waals surface area contributed by atoms with Gasteiger partial charge in [-0.1, -0.05) is 17.7 Å². The third kappa shape index (κ3) is 2.85. The van der Waals surface area contributed by atoms with Gasteiger partial charge in [0.2, 0.25) is 0 Å². The topological polar surface area (TPSA) is 25.8 Å². The van der Waals surface area contributed by atoms with E-state index in [1.165, 1.54) is 28.3 Å². The standard InChI is InChI=1S/C16H14ClFN2S2/c1-8-9(2)22-16-14(8)15(19-10(3)20-16)21-7-11-12(17)5-4-6-13(11)18/h4-6H,7H2,1-3H3. The van der Waals surface area contributed by atoms with Crippen LogP contribution in [0.1, 0.15) is 21.8 Å². The summed E-state index contributed by atoms with van der Waals surface area (Å²) in [7, 11) is 0. The van der Waals surface area contributed by atoms with Crippen molar-refractivity contribution in [3.05, 3.63) is 50.9 Å². The van der Waals surface area contributed by atoms with Gasteiger partial charge in [-0.25, -0.2) is 14.4 Å². The Bertz CT molecular complexity index is 841. The predicted octanol–water partition coefficient (Wildman–Crippen LogP) is 5.70. The van der Waals surface area contributed by atoms with Gasteiger partial charge in [0, 0.05) is 26.6 Å². The summed E-state index contributed by atoms with van der Waals surface area (Å²) in [5, 5.41) is 2.42. The Morgan fingerprint density at radius 2 is 2.00 bits per heavy atom. The first kappa shape index (κ1) is 15.7. The van der Waals surface area contributed by atoms with Gasteiger partial charge in [-0.3, -0.25) is 0 Å². The molecule has 0 amide bonds. The van der Waals surface area contributed by atoms with Crippen LogP contribution >= 0.6 is 34.7 Å². The van der Waals surface area contributed by atoms with Gasteiger partial charge in [-0.15, -0.1) is 23.1 Å². The SMILES string of the molecule is Cc1nc(SCc2c(F)cccc2Cl)c2c(C)c(C)sc2n1. The Morgan fingerprint density at radius 1 is 1.23 bits per heavy atom. The van der Waals surface area contributed by atoms with E-state index in [1.807, 2.05) is 6.92 Å². The fourth-order valence-corrected chi connectivity index (χ4v) is 4.84. The quantitative estimate of drug-likeness (QED) is 0.446. The summed E-state index contributed by atoms with van der Waals surface area (Å²) in [6, 6.07) is 4.76. The summed E-state index contributed by atoms with van der Waals surface area (Å²) in [5.74, 6) is 0.905. The molecule has 0 fully saturated rings. The lowest BCUT2D eigenvalue weighted by atomic mass is 10.2. The van der Waals surface area contributed by atoms with E-state index in [4.69, 9.17) is 11.6 Å². The van der Waals surface area contributed by atoms with Crippen LogP contribution in [-0.4, -0.2) is 9.97 Å². The largest absolute Gasteiger partial charge is 0.226 e. The second kappa shape index (κ2) is 6.14. The fraction of sp³-hybridized carbons (Fsp3) is 0.250. The Balaban J connectivity index is 2.01. The van der Waals surface area contributed by atoms with Crippen LogP contribution in [0.4, 0.5) is 4.39 Å². The highest BCUT2D eigenvalue weighted by atomic mass is 35.5. The van der Waals surface area contributed by atoms with Crippen LogP contribution in [0.15, 0.2) is 23.2 Å². The van der Waals surface area contributed by atoms with E-state index in [0.29, 0.717) is 16.3 Å². The lowest BCUT2D eigenvalue weighted by Crippen LogP contribution is -1.94. The van der Waals surface area contributed by atoms with Gasteiger partial charge in [0.15, 0.2) is 0 Å². The Morgan fingerprint density at radius 3 is 2.73 bits per heavy atom. The molecule has 2 nitrogen and oxygen atoms in total. The van der Waals surface area contributed by atoms with Gasteiger partial charge < -0.3 is 0 Å². The minimum atomic E-state index is -0.278. The number of hydrogen-bond donors (Lipinski definition) is 0. The van der Waals surface area contributed by atoms with Crippen molar-refractivity contribution in [3.8, 4) is 0 Å². The number of nitrogens with zero attached hydrogens (tertiary/aromatic N) is 2. The summed E-state index contributed by atoms with van der Waals surface area (Å²) in [6.07, 6.45) is 0. The van der Waals surface area contributed by atoms with E-state index in [-0.39, 0.29) is 5.82 Å². The third-order valence-corrected chi connectivity index (χ3v) is 5.98. The second-order valence-electron chi connectivity index (χ2n) is 5.03. The van der Waals surface area contributed by atoms with E-state index in [0.717, 1.165) is 21.1 Å². The number of fused-ring (bicyclic) bond motifs is 1. The van der Waals surface area contributed by atoms with Crippen molar-refractivity contribution in [2.75, 3.05) is 0 Å². The Kier molecular flexibility index (Phi) is 4.39. The minimum absolute atomic E-state index is 0.278. The number of aryl methyl sites for hydroxylation is 3. The maximum absolute atomic E-state index is 13.9. The number of rotatable bonds is 3. The molecule has 0 unspecified atom stereocenters. The normalized spacial score (nSPS) is 11.3. The number of thiophene rings is 1. The average molecular weight is 353 g/mol. The molecular formula is C16H14ClFN2S2. The first-order valence-corrected chi connectivity index (χ1v) is 8.95. The molecule has 0 saturated heterocycles. The molecule has 0 aliphatic heterocycles. The van der Waals surface area contributed by atoms with Gasteiger partial charge >= 0.3 is 0 Å². The zero-order chi connectivity index (χ0) is 15.9. The molecule has 114 valence electrons. The second-order valence-corrected chi connectivity index (χ2v) is 7.60. The Labute approximate surface area is 141 Å². The smallest absolute Gasteiger partial charge is 0.128 e. The number of hydrogen-bond acceptors (Lipinski definition) is 4. The maximum Gasteiger partial charge on any atom is 0.128 e. The van der Waals surface area contributed by atoms with Crippen molar-refractivity contribution in [1.82, 2.24) is 9.97 Å². The van der Waals surface area contributed by atoms with Crippen molar-refractivity contribution in [2.45, 2.75) is 31.6 Å². The lowest BCUT2D eigenvalue weighted by Gasteiger charge is -2.07. The molecule has 1 aromatic carbocycles. The average Bonchev–Trinajstić information content (AvgIpc) is 2.73. The molecule has 0 aliphatic carbocycles. The number of thioether (sulfide) groups is 1. The van der Waals surface area contributed by atoms with Crippen LogP contribution < -0.4 is 0 Å². The van der Waals surface area contributed by atoms with E-state index < -0.39 is 0 Å². The highest BCUT2D eigenvalue weighted by Crippen LogP contribution is 2.37. The molecule has 2 heterocycles. The number of aromatic nitrogens is 2. The van der Waals surface area contributed by atoms with Gasteiger partial charge in [0.05, 0.1) is 0 Å². The van der Waals surface area contributed by atoms with Crippen molar-refractivity contribution < 1.29 is 4.39 Å². The summed E-state index contributed by atoms with van der Waals surface area (Å²) in [5.41, 5.74) is 1.71. The molecule has 0 N–H and O–H groups in total. The molecule has 22 heavy (non-hydrogen) atoms. The van der Waals surface area contributed by atoms with Crippen LogP contribution in [0.2, 0.25) is 5.02 Å². The highest BCUT2D eigenvalue weighted by Gasteiger charge is 2.15. The molecule has 2 aromatic heterocycles. The molecule has 0 spiro atoms. The van der Waals surface area contributed by atoms with E-state index in [1.54, 1.807) is 23.5 Å².